The first-order chi connectivity index (χ1) is 10.4. The molecule has 2 heteroatoms. The highest BCUT2D eigenvalue weighted by Gasteiger charge is 2.34. The van der Waals surface area contributed by atoms with Crippen molar-refractivity contribution in [2.75, 3.05) is 31.5 Å². The van der Waals surface area contributed by atoms with Gasteiger partial charge in [0.25, 0.3) is 0 Å². The molecule has 0 bridgehead atoms. The molecule has 1 saturated carbocycles. The van der Waals surface area contributed by atoms with Gasteiger partial charge in [0.05, 0.1) is 0 Å². The summed E-state index contributed by atoms with van der Waals surface area (Å²) in [5.74, 6) is 1.81. The number of nitrogens with one attached hydrogen (secondary N) is 1. The fourth-order valence-electron chi connectivity index (χ4n) is 4.46. The van der Waals surface area contributed by atoms with E-state index in [0.717, 1.165) is 11.8 Å². The van der Waals surface area contributed by atoms with E-state index in [-0.39, 0.29) is 0 Å². The lowest BCUT2D eigenvalue weighted by Crippen LogP contribution is -2.23. The molecule has 114 valence electrons. The molecule has 2 atom stereocenters. The third kappa shape index (κ3) is 2.83. The van der Waals surface area contributed by atoms with Crippen LogP contribution in [0.3, 0.4) is 0 Å². The van der Waals surface area contributed by atoms with Gasteiger partial charge in [-0.05, 0) is 93.6 Å². The summed E-state index contributed by atoms with van der Waals surface area (Å²) in [6, 6.07) is 7.23. The minimum absolute atomic E-state index is 0.855. The molecule has 1 saturated heterocycles. The van der Waals surface area contributed by atoms with Crippen molar-refractivity contribution in [3.05, 3.63) is 29.3 Å². The fourth-order valence-corrected chi connectivity index (χ4v) is 4.46. The van der Waals surface area contributed by atoms with Gasteiger partial charge >= 0.3 is 0 Å². The molecule has 21 heavy (non-hydrogen) atoms. The standard InChI is InChI=1S/C19H28N2/c1-2-12-21(11-1)13-3-4-15-5-8-19-18(14-15)17-7-6-16(17)9-10-20-19/h5,8,14,16-17,20H,1-4,6-7,9-13H2. The van der Waals surface area contributed by atoms with Crippen LogP contribution in [0.4, 0.5) is 5.69 Å². The molecule has 0 spiro atoms. The first-order valence-electron chi connectivity index (χ1n) is 8.99. The smallest absolute Gasteiger partial charge is 0.0375 e. The van der Waals surface area contributed by atoms with Gasteiger partial charge in [-0.1, -0.05) is 12.1 Å². The Labute approximate surface area is 128 Å². The Bertz CT molecular complexity index is 490. The minimum atomic E-state index is 0.855. The third-order valence-corrected chi connectivity index (χ3v) is 5.90. The number of hydrogen-bond donors (Lipinski definition) is 1. The zero-order valence-electron chi connectivity index (χ0n) is 13.1. The summed E-state index contributed by atoms with van der Waals surface area (Å²) in [4.78, 5) is 2.63. The molecule has 3 aliphatic rings. The predicted octanol–water partition coefficient (Wildman–Crippen LogP) is 4.02. The van der Waals surface area contributed by atoms with Gasteiger partial charge in [0, 0.05) is 12.2 Å². The topological polar surface area (TPSA) is 15.3 Å². The van der Waals surface area contributed by atoms with Gasteiger partial charge in [-0.15, -0.1) is 0 Å². The number of fused-ring (bicyclic) bond motifs is 3. The third-order valence-electron chi connectivity index (χ3n) is 5.90. The van der Waals surface area contributed by atoms with Crippen molar-refractivity contribution in [1.29, 1.82) is 0 Å². The normalized spacial score (nSPS) is 28.2. The van der Waals surface area contributed by atoms with E-state index in [1.165, 1.54) is 76.8 Å². The molecule has 2 heterocycles. The van der Waals surface area contributed by atoms with Gasteiger partial charge in [-0.3, -0.25) is 0 Å². The van der Waals surface area contributed by atoms with Crippen molar-refractivity contribution in [1.82, 2.24) is 4.90 Å². The highest BCUT2D eigenvalue weighted by molar-refractivity contribution is 5.56. The van der Waals surface area contributed by atoms with Crippen LogP contribution in [-0.2, 0) is 6.42 Å². The second-order valence-electron chi connectivity index (χ2n) is 7.23. The van der Waals surface area contributed by atoms with Crippen LogP contribution in [0.5, 0.6) is 0 Å². The Balaban J connectivity index is 1.41. The average Bonchev–Trinajstić information content (AvgIpc) is 2.93. The Kier molecular flexibility index (Phi) is 3.89. The Morgan fingerprint density at radius 1 is 1.10 bits per heavy atom. The lowest BCUT2D eigenvalue weighted by atomic mass is 9.68. The lowest BCUT2D eigenvalue weighted by molar-refractivity contribution is 0.249. The molecule has 1 aliphatic carbocycles. The SMILES string of the molecule is c1cc2c(cc1CCCN1CCCC1)C1CCC1CCN2. The van der Waals surface area contributed by atoms with E-state index < -0.39 is 0 Å². The van der Waals surface area contributed by atoms with Crippen molar-refractivity contribution >= 4 is 5.69 Å². The molecule has 2 unspecified atom stereocenters. The van der Waals surface area contributed by atoms with Crippen LogP contribution in [0.25, 0.3) is 0 Å². The van der Waals surface area contributed by atoms with Crippen LogP contribution in [0.15, 0.2) is 18.2 Å². The maximum Gasteiger partial charge on any atom is 0.0375 e. The number of aryl methyl sites for hydroxylation is 1. The molecule has 4 rings (SSSR count). The number of likely N-dealkylation sites (tertiary alicyclic amines) is 1. The van der Waals surface area contributed by atoms with Crippen LogP contribution in [-0.4, -0.2) is 31.1 Å². The lowest BCUT2D eigenvalue weighted by Gasteiger charge is -2.36. The Hall–Kier alpha value is -1.02. The van der Waals surface area contributed by atoms with Crippen LogP contribution < -0.4 is 5.32 Å². The second kappa shape index (κ2) is 6.00. The minimum Gasteiger partial charge on any atom is -0.385 e. The van der Waals surface area contributed by atoms with E-state index in [4.69, 9.17) is 0 Å². The number of hydrogen-bond acceptors (Lipinski definition) is 2. The molecular formula is C19H28N2. The second-order valence-corrected chi connectivity index (χ2v) is 7.23. The zero-order valence-corrected chi connectivity index (χ0v) is 13.1. The van der Waals surface area contributed by atoms with E-state index in [9.17, 15) is 0 Å². The van der Waals surface area contributed by atoms with E-state index in [2.05, 4.69) is 28.4 Å². The van der Waals surface area contributed by atoms with Gasteiger partial charge in [-0.25, -0.2) is 0 Å². The quantitative estimate of drug-likeness (QED) is 0.898. The van der Waals surface area contributed by atoms with Crippen molar-refractivity contribution in [3.63, 3.8) is 0 Å². The van der Waals surface area contributed by atoms with E-state index in [1.807, 2.05) is 0 Å². The summed E-state index contributed by atoms with van der Waals surface area (Å²) in [6.45, 7) is 5.12. The summed E-state index contributed by atoms with van der Waals surface area (Å²) >= 11 is 0. The largest absolute Gasteiger partial charge is 0.385 e. The monoisotopic (exact) mass is 284 g/mol. The first kappa shape index (κ1) is 13.6. The van der Waals surface area contributed by atoms with Crippen LogP contribution in [0.2, 0.25) is 0 Å². The molecule has 2 aliphatic heterocycles. The highest BCUT2D eigenvalue weighted by atomic mass is 15.1. The maximum atomic E-state index is 3.65. The summed E-state index contributed by atoms with van der Waals surface area (Å²) in [6.07, 6.45) is 9.62. The Morgan fingerprint density at radius 3 is 2.81 bits per heavy atom. The number of anilines is 1. The van der Waals surface area contributed by atoms with E-state index in [0.29, 0.717) is 0 Å². The predicted molar refractivity (Wildman–Crippen MR) is 89.0 cm³/mol. The molecule has 2 fully saturated rings. The van der Waals surface area contributed by atoms with Crippen molar-refractivity contribution in [2.45, 2.75) is 50.9 Å². The van der Waals surface area contributed by atoms with Crippen LogP contribution >= 0.6 is 0 Å². The van der Waals surface area contributed by atoms with E-state index in [1.54, 1.807) is 11.1 Å². The number of benzene rings is 1. The first-order valence-corrected chi connectivity index (χ1v) is 8.99. The average molecular weight is 284 g/mol. The molecule has 0 amide bonds. The van der Waals surface area contributed by atoms with Gasteiger partial charge in [-0.2, -0.15) is 0 Å². The molecule has 0 aromatic heterocycles. The van der Waals surface area contributed by atoms with E-state index >= 15 is 0 Å². The van der Waals surface area contributed by atoms with Crippen molar-refractivity contribution < 1.29 is 0 Å². The highest BCUT2D eigenvalue weighted by Crippen LogP contribution is 2.48. The molecule has 1 aromatic carbocycles. The van der Waals surface area contributed by atoms with Crippen molar-refractivity contribution in [3.8, 4) is 0 Å². The fraction of sp³-hybridized carbons (Fsp3) is 0.684. The number of nitrogens with zero attached hydrogens (tertiary/aromatic N) is 1. The zero-order chi connectivity index (χ0) is 14.1. The maximum absolute atomic E-state index is 3.65. The summed E-state index contributed by atoms with van der Waals surface area (Å²) in [5, 5.41) is 3.65. The van der Waals surface area contributed by atoms with Crippen LogP contribution in [0, 0.1) is 5.92 Å². The van der Waals surface area contributed by atoms with Gasteiger partial charge < -0.3 is 10.2 Å². The van der Waals surface area contributed by atoms with Gasteiger partial charge in [0.1, 0.15) is 0 Å². The summed E-state index contributed by atoms with van der Waals surface area (Å²) in [7, 11) is 0. The van der Waals surface area contributed by atoms with Gasteiger partial charge in [0.15, 0.2) is 0 Å². The van der Waals surface area contributed by atoms with Gasteiger partial charge in [0.2, 0.25) is 0 Å². The van der Waals surface area contributed by atoms with Crippen LogP contribution in [0.1, 0.15) is 55.6 Å². The molecule has 1 N–H and O–H groups in total. The molecular weight excluding hydrogens is 256 g/mol. The molecule has 2 nitrogen and oxygen atoms in total. The molecule has 1 aromatic rings. The summed E-state index contributed by atoms with van der Waals surface area (Å²) in [5.41, 5.74) is 4.61. The number of rotatable bonds is 4. The summed E-state index contributed by atoms with van der Waals surface area (Å²) < 4.78 is 0. The van der Waals surface area contributed by atoms with Crippen molar-refractivity contribution in [2.24, 2.45) is 5.92 Å². The molecule has 0 radical (unpaired) electrons. The Morgan fingerprint density at radius 2 is 2.00 bits per heavy atom.